The highest BCUT2D eigenvalue weighted by atomic mass is 127. The average Bonchev–Trinajstić information content (AvgIpc) is 3.18. The van der Waals surface area contributed by atoms with Gasteiger partial charge < -0.3 is 19.9 Å². The number of rotatable bonds is 7. The van der Waals surface area contributed by atoms with Crippen molar-refractivity contribution in [1.29, 1.82) is 0 Å². The van der Waals surface area contributed by atoms with E-state index in [1.807, 2.05) is 25.5 Å². The smallest absolute Gasteiger partial charge is 0.225 e. The second-order valence-electron chi connectivity index (χ2n) is 7.26. The van der Waals surface area contributed by atoms with Gasteiger partial charge in [-0.2, -0.15) is 0 Å². The number of nitrogens with one attached hydrogen (secondary N) is 1. The van der Waals surface area contributed by atoms with Crippen molar-refractivity contribution in [2.45, 2.75) is 12.8 Å². The predicted molar refractivity (Wildman–Crippen MR) is 124 cm³/mol. The maximum Gasteiger partial charge on any atom is 0.225 e. The van der Waals surface area contributed by atoms with E-state index in [9.17, 15) is 0 Å². The Balaban J connectivity index is 0.00000280. The fourth-order valence-electron chi connectivity index (χ4n) is 3.86. The van der Waals surface area contributed by atoms with Gasteiger partial charge >= 0.3 is 0 Å². The van der Waals surface area contributed by atoms with E-state index in [4.69, 9.17) is 4.74 Å². The Kier molecular flexibility index (Phi) is 10.2. The minimum Gasteiger partial charge on any atom is -0.384 e. The van der Waals surface area contributed by atoms with Crippen molar-refractivity contribution >= 4 is 35.9 Å². The van der Waals surface area contributed by atoms with Gasteiger partial charge in [-0.3, -0.25) is 9.89 Å². The van der Waals surface area contributed by atoms with E-state index in [-0.39, 0.29) is 24.0 Å². The zero-order chi connectivity index (χ0) is 18.9. The first-order valence-corrected chi connectivity index (χ1v) is 9.99. The molecule has 8 nitrogen and oxygen atoms in total. The van der Waals surface area contributed by atoms with Gasteiger partial charge in [0.25, 0.3) is 0 Å². The molecule has 1 aromatic rings. The third-order valence-corrected chi connectivity index (χ3v) is 5.34. The molecule has 0 aromatic carbocycles. The molecule has 2 aliphatic rings. The van der Waals surface area contributed by atoms with E-state index < -0.39 is 0 Å². The standard InChI is InChI=1S/C19H33N7O.HI/c1-20-18(26-10-5-17(15-26)16-27-2)21-8-4-9-24-11-13-25(14-12-24)19-22-6-3-7-23-19;/h3,6-7,17H,4-5,8-16H2,1-2H3,(H,20,21);1H. The van der Waals surface area contributed by atoms with E-state index in [0.717, 1.165) is 77.3 Å². The summed E-state index contributed by atoms with van der Waals surface area (Å²) >= 11 is 0. The number of anilines is 1. The Morgan fingerprint density at radius 3 is 2.64 bits per heavy atom. The maximum absolute atomic E-state index is 5.29. The fraction of sp³-hybridized carbons (Fsp3) is 0.737. The third-order valence-electron chi connectivity index (χ3n) is 5.34. The van der Waals surface area contributed by atoms with Crippen molar-refractivity contribution in [3.8, 4) is 0 Å². The molecule has 2 aliphatic heterocycles. The highest BCUT2D eigenvalue weighted by Crippen LogP contribution is 2.16. The average molecular weight is 503 g/mol. The molecule has 9 heteroatoms. The molecule has 158 valence electrons. The highest BCUT2D eigenvalue weighted by molar-refractivity contribution is 14.0. The van der Waals surface area contributed by atoms with Gasteiger partial charge in [-0.05, 0) is 25.5 Å². The Hall–Kier alpha value is -1.20. The summed E-state index contributed by atoms with van der Waals surface area (Å²) in [4.78, 5) is 20.3. The Morgan fingerprint density at radius 1 is 1.21 bits per heavy atom. The first-order chi connectivity index (χ1) is 13.3. The SMILES string of the molecule is CN=C(NCCCN1CCN(c2ncccn2)CC1)N1CCC(COC)C1.I. The van der Waals surface area contributed by atoms with Gasteiger partial charge in [0, 0.05) is 78.3 Å². The van der Waals surface area contributed by atoms with E-state index in [0.29, 0.717) is 5.92 Å². The van der Waals surface area contributed by atoms with Gasteiger partial charge in [0.2, 0.25) is 5.95 Å². The predicted octanol–water partition coefficient (Wildman–Crippen LogP) is 1.15. The second-order valence-corrected chi connectivity index (χ2v) is 7.26. The zero-order valence-electron chi connectivity index (χ0n) is 17.1. The highest BCUT2D eigenvalue weighted by Gasteiger charge is 2.24. The monoisotopic (exact) mass is 503 g/mol. The van der Waals surface area contributed by atoms with Crippen LogP contribution in [0.2, 0.25) is 0 Å². The number of aliphatic imine (C=N–C) groups is 1. The first-order valence-electron chi connectivity index (χ1n) is 9.99. The number of aromatic nitrogens is 2. The fourth-order valence-corrected chi connectivity index (χ4v) is 3.86. The molecule has 0 radical (unpaired) electrons. The normalized spacial score (nSPS) is 20.9. The zero-order valence-corrected chi connectivity index (χ0v) is 19.4. The van der Waals surface area contributed by atoms with E-state index >= 15 is 0 Å². The second kappa shape index (κ2) is 12.4. The molecule has 0 amide bonds. The van der Waals surface area contributed by atoms with Crippen LogP contribution in [0.1, 0.15) is 12.8 Å². The van der Waals surface area contributed by atoms with E-state index in [1.54, 1.807) is 7.11 Å². The van der Waals surface area contributed by atoms with Crippen LogP contribution in [-0.2, 0) is 4.74 Å². The number of likely N-dealkylation sites (tertiary alicyclic amines) is 1. The van der Waals surface area contributed by atoms with Gasteiger partial charge in [0.05, 0.1) is 6.61 Å². The number of nitrogens with zero attached hydrogens (tertiary/aromatic N) is 6. The van der Waals surface area contributed by atoms with Gasteiger partial charge in [0.15, 0.2) is 5.96 Å². The van der Waals surface area contributed by atoms with Crippen LogP contribution in [0.25, 0.3) is 0 Å². The number of ether oxygens (including phenoxy) is 1. The molecule has 0 aliphatic carbocycles. The van der Waals surface area contributed by atoms with Crippen LogP contribution in [-0.4, -0.2) is 98.8 Å². The molecule has 1 aromatic heterocycles. The van der Waals surface area contributed by atoms with Crippen LogP contribution in [0, 0.1) is 5.92 Å². The van der Waals surface area contributed by atoms with Crippen molar-refractivity contribution in [3.05, 3.63) is 18.5 Å². The minimum absolute atomic E-state index is 0. The molecule has 1 N–H and O–H groups in total. The molecule has 28 heavy (non-hydrogen) atoms. The van der Waals surface area contributed by atoms with E-state index in [1.165, 1.54) is 6.42 Å². The summed E-state index contributed by atoms with van der Waals surface area (Å²) in [6, 6.07) is 1.86. The quantitative estimate of drug-likeness (QED) is 0.259. The minimum atomic E-state index is 0. The lowest BCUT2D eigenvalue weighted by atomic mass is 10.1. The van der Waals surface area contributed by atoms with Crippen molar-refractivity contribution in [3.63, 3.8) is 0 Å². The summed E-state index contributed by atoms with van der Waals surface area (Å²) in [7, 11) is 3.65. The van der Waals surface area contributed by atoms with Gasteiger partial charge in [-0.1, -0.05) is 0 Å². The number of piperazine rings is 1. The van der Waals surface area contributed by atoms with Gasteiger partial charge in [-0.15, -0.1) is 24.0 Å². The van der Waals surface area contributed by atoms with Gasteiger partial charge in [-0.25, -0.2) is 9.97 Å². The van der Waals surface area contributed by atoms with Crippen molar-refractivity contribution in [2.24, 2.45) is 10.9 Å². The Bertz CT molecular complexity index is 581. The lowest BCUT2D eigenvalue weighted by molar-refractivity contribution is 0.157. The number of halogens is 1. The molecule has 3 heterocycles. The van der Waals surface area contributed by atoms with Crippen LogP contribution in [0.15, 0.2) is 23.5 Å². The number of methoxy groups -OCH3 is 1. The maximum atomic E-state index is 5.29. The molecule has 2 fully saturated rings. The summed E-state index contributed by atoms with van der Waals surface area (Å²) in [5.41, 5.74) is 0. The summed E-state index contributed by atoms with van der Waals surface area (Å²) in [5, 5.41) is 3.53. The number of hydrogen-bond acceptors (Lipinski definition) is 6. The summed E-state index contributed by atoms with van der Waals surface area (Å²) in [5.74, 6) is 2.50. The Morgan fingerprint density at radius 2 is 1.96 bits per heavy atom. The van der Waals surface area contributed by atoms with Gasteiger partial charge in [0.1, 0.15) is 0 Å². The molecule has 1 atom stereocenters. The summed E-state index contributed by atoms with van der Waals surface area (Å²) < 4.78 is 5.29. The first kappa shape index (κ1) is 23.1. The Labute approximate surface area is 185 Å². The third kappa shape index (κ3) is 6.70. The van der Waals surface area contributed by atoms with Crippen LogP contribution in [0.5, 0.6) is 0 Å². The van der Waals surface area contributed by atoms with Crippen LogP contribution in [0.4, 0.5) is 5.95 Å². The van der Waals surface area contributed by atoms with Crippen LogP contribution >= 0.6 is 24.0 Å². The molecule has 3 rings (SSSR count). The summed E-state index contributed by atoms with van der Waals surface area (Å²) in [6.07, 6.45) is 5.93. The van der Waals surface area contributed by atoms with Crippen LogP contribution < -0.4 is 10.2 Å². The summed E-state index contributed by atoms with van der Waals surface area (Å²) in [6.45, 7) is 9.14. The molecule has 0 spiro atoms. The molecule has 0 saturated carbocycles. The topological polar surface area (TPSA) is 69.1 Å². The molecule has 0 bridgehead atoms. The lowest BCUT2D eigenvalue weighted by Gasteiger charge is -2.34. The molecular formula is C19H34IN7O. The van der Waals surface area contributed by atoms with Crippen molar-refractivity contribution in [1.82, 2.24) is 25.1 Å². The number of hydrogen-bond donors (Lipinski definition) is 1. The molecule has 1 unspecified atom stereocenters. The lowest BCUT2D eigenvalue weighted by Crippen LogP contribution is -2.47. The van der Waals surface area contributed by atoms with E-state index in [2.05, 4.69) is 35.0 Å². The molecular weight excluding hydrogens is 469 g/mol. The van der Waals surface area contributed by atoms with Crippen molar-refractivity contribution in [2.75, 3.05) is 78.0 Å². The molecule has 2 saturated heterocycles. The van der Waals surface area contributed by atoms with Crippen LogP contribution in [0.3, 0.4) is 0 Å². The van der Waals surface area contributed by atoms with Crippen molar-refractivity contribution < 1.29 is 4.74 Å². The largest absolute Gasteiger partial charge is 0.384 e. The number of guanidine groups is 1.